The van der Waals surface area contributed by atoms with Crippen LogP contribution in [-0.4, -0.2) is 17.6 Å². The number of anilines is 1. The van der Waals surface area contributed by atoms with Crippen LogP contribution in [0.5, 0.6) is 5.75 Å². The van der Waals surface area contributed by atoms with Crippen molar-refractivity contribution in [1.29, 1.82) is 0 Å². The summed E-state index contributed by atoms with van der Waals surface area (Å²) in [6.45, 7) is 3.98. The molecule has 4 nitrogen and oxygen atoms in total. The van der Waals surface area contributed by atoms with Crippen molar-refractivity contribution in [2.75, 3.05) is 5.32 Å². The number of benzene rings is 2. The van der Waals surface area contributed by atoms with Crippen molar-refractivity contribution >= 4 is 16.8 Å². The van der Waals surface area contributed by atoms with E-state index in [9.17, 15) is 13.2 Å². The van der Waals surface area contributed by atoms with Crippen LogP contribution in [0.2, 0.25) is 0 Å². The van der Waals surface area contributed by atoms with Crippen molar-refractivity contribution in [3.05, 3.63) is 42.5 Å². The first-order chi connectivity index (χ1) is 11.3. The number of ether oxygens (including phenoxy) is 1. The van der Waals surface area contributed by atoms with E-state index in [4.69, 9.17) is 4.52 Å². The van der Waals surface area contributed by atoms with Gasteiger partial charge in [0.2, 0.25) is 0 Å². The third-order valence-electron chi connectivity index (χ3n) is 3.32. The van der Waals surface area contributed by atoms with E-state index in [0.717, 1.165) is 16.5 Å². The Morgan fingerprint density at radius 3 is 2.33 bits per heavy atom. The van der Waals surface area contributed by atoms with Crippen molar-refractivity contribution < 1.29 is 22.4 Å². The number of aromatic nitrogens is 1. The summed E-state index contributed by atoms with van der Waals surface area (Å²) in [6, 6.07) is 11.4. The lowest BCUT2D eigenvalue weighted by atomic mass is 10.0. The molecule has 2 aromatic carbocycles. The summed E-state index contributed by atoms with van der Waals surface area (Å²) in [5.74, 6) is 0.387. The highest BCUT2D eigenvalue weighted by molar-refractivity contribution is 5.91. The van der Waals surface area contributed by atoms with Crippen molar-refractivity contribution in [2.24, 2.45) is 0 Å². The van der Waals surface area contributed by atoms with Crippen LogP contribution in [0.1, 0.15) is 13.8 Å². The quantitative estimate of drug-likeness (QED) is 0.710. The standard InChI is InChI=1S/C17H15F3N2O2/c1-10(2)21-16-14-9-12(5-8-15(14)24-22-16)11-3-6-13(7-4-11)23-17(18,19)20/h3-10H,1-2H3,(H,21,22). The number of hydrogen-bond acceptors (Lipinski definition) is 4. The fourth-order valence-electron chi connectivity index (χ4n) is 2.34. The molecule has 0 unspecified atom stereocenters. The Morgan fingerprint density at radius 2 is 1.71 bits per heavy atom. The maximum atomic E-state index is 12.2. The number of fused-ring (bicyclic) bond motifs is 1. The van der Waals surface area contributed by atoms with E-state index >= 15 is 0 Å². The van der Waals surface area contributed by atoms with Crippen LogP contribution in [0.3, 0.4) is 0 Å². The van der Waals surface area contributed by atoms with E-state index in [-0.39, 0.29) is 11.8 Å². The lowest BCUT2D eigenvalue weighted by Gasteiger charge is -2.09. The molecule has 1 N–H and O–H groups in total. The molecule has 0 bridgehead atoms. The van der Waals surface area contributed by atoms with Gasteiger partial charge in [-0.3, -0.25) is 0 Å². The summed E-state index contributed by atoms with van der Waals surface area (Å²) < 4.78 is 45.8. The molecule has 1 aromatic heterocycles. The molecule has 24 heavy (non-hydrogen) atoms. The zero-order chi connectivity index (χ0) is 17.3. The van der Waals surface area contributed by atoms with Gasteiger partial charge in [0.25, 0.3) is 0 Å². The van der Waals surface area contributed by atoms with Crippen molar-refractivity contribution in [1.82, 2.24) is 5.16 Å². The predicted octanol–water partition coefficient (Wildman–Crippen LogP) is 5.21. The first-order valence-electron chi connectivity index (χ1n) is 7.34. The molecule has 0 aliphatic rings. The topological polar surface area (TPSA) is 47.3 Å². The van der Waals surface area contributed by atoms with Gasteiger partial charge in [0, 0.05) is 6.04 Å². The van der Waals surface area contributed by atoms with Gasteiger partial charge in [0.05, 0.1) is 5.39 Å². The fourth-order valence-corrected chi connectivity index (χ4v) is 2.34. The molecule has 0 fully saturated rings. The molecule has 0 spiro atoms. The zero-order valence-corrected chi connectivity index (χ0v) is 13.0. The van der Waals surface area contributed by atoms with Crippen LogP contribution >= 0.6 is 0 Å². The average Bonchev–Trinajstić information content (AvgIpc) is 2.88. The predicted molar refractivity (Wildman–Crippen MR) is 84.9 cm³/mol. The zero-order valence-electron chi connectivity index (χ0n) is 13.0. The molecule has 126 valence electrons. The van der Waals surface area contributed by atoms with Gasteiger partial charge in [-0.05, 0) is 49.2 Å². The van der Waals surface area contributed by atoms with Crippen LogP contribution in [0.15, 0.2) is 47.0 Å². The van der Waals surface area contributed by atoms with Gasteiger partial charge in [0.15, 0.2) is 11.4 Å². The Morgan fingerprint density at radius 1 is 1.04 bits per heavy atom. The maximum absolute atomic E-state index is 12.2. The molecule has 7 heteroatoms. The number of nitrogens with zero attached hydrogens (tertiary/aromatic N) is 1. The second-order valence-electron chi connectivity index (χ2n) is 5.61. The molecular weight excluding hydrogens is 321 g/mol. The van der Waals surface area contributed by atoms with Gasteiger partial charge in [-0.2, -0.15) is 0 Å². The summed E-state index contributed by atoms with van der Waals surface area (Å²) in [5.41, 5.74) is 2.25. The second-order valence-corrected chi connectivity index (χ2v) is 5.61. The molecule has 0 saturated carbocycles. The molecular formula is C17H15F3N2O2. The van der Waals surface area contributed by atoms with E-state index in [1.165, 1.54) is 12.1 Å². The molecule has 0 atom stereocenters. The van der Waals surface area contributed by atoms with Gasteiger partial charge in [-0.25, -0.2) is 0 Å². The van der Waals surface area contributed by atoms with E-state index in [2.05, 4.69) is 15.2 Å². The maximum Gasteiger partial charge on any atom is 0.573 e. The summed E-state index contributed by atoms with van der Waals surface area (Å²) in [5, 5.41) is 8.00. The Balaban J connectivity index is 1.91. The van der Waals surface area contributed by atoms with Gasteiger partial charge < -0.3 is 14.6 Å². The van der Waals surface area contributed by atoms with E-state index < -0.39 is 6.36 Å². The van der Waals surface area contributed by atoms with Crippen LogP contribution in [0.4, 0.5) is 19.0 Å². The first-order valence-corrected chi connectivity index (χ1v) is 7.34. The van der Waals surface area contributed by atoms with Crippen molar-refractivity contribution in [3.8, 4) is 16.9 Å². The lowest BCUT2D eigenvalue weighted by molar-refractivity contribution is -0.274. The molecule has 0 saturated heterocycles. The van der Waals surface area contributed by atoms with Gasteiger partial charge in [-0.1, -0.05) is 23.4 Å². The van der Waals surface area contributed by atoms with E-state index in [1.807, 2.05) is 26.0 Å². The lowest BCUT2D eigenvalue weighted by Crippen LogP contribution is -2.16. The first kappa shape index (κ1) is 16.2. The van der Waals surface area contributed by atoms with E-state index in [1.54, 1.807) is 18.2 Å². The summed E-state index contributed by atoms with van der Waals surface area (Å²) >= 11 is 0. The van der Waals surface area contributed by atoms with E-state index in [0.29, 0.717) is 11.4 Å². The third-order valence-corrected chi connectivity index (χ3v) is 3.32. The molecule has 3 aromatic rings. The van der Waals surface area contributed by atoms with Crippen LogP contribution in [0, 0.1) is 0 Å². The molecule has 0 aliphatic heterocycles. The highest BCUT2D eigenvalue weighted by atomic mass is 19.4. The smallest absolute Gasteiger partial charge is 0.406 e. The Bertz CT molecular complexity index is 839. The number of alkyl halides is 3. The highest BCUT2D eigenvalue weighted by Gasteiger charge is 2.30. The van der Waals surface area contributed by atoms with Crippen molar-refractivity contribution in [3.63, 3.8) is 0 Å². The number of rotatable bonds is 4. The normalized spacial score (nSPS) is 11.9. The summed E-state index contributed by atoms with van der Waals surface area (Å²) in [7, 11) is 0. The molecule has 0 aliphatic carbocycles. The summed E-state index contributed by atoms with van der Waals surface area (Å²) in [6.07, 6.45) is -4.69. The Hall–Kier alpha value is -2.70. The monoisotopic (exact) mass is 336 g/mol. The number of halogens is 3. The largest absolute Gasteiger partial charge is 0.573 e. The van der Waals surface area contributed by atoms with Gasteiger partial charge in [0.1, 0.15) is 5.75 Å². The second kappa shape index (κ2) is 6.07. The number of hydrogen-bond donors (Lipinski definition) is 1. The average molecular weight is 336 g/mol. The summed E-state index contributed by atoms with van der Waals surface area (Å²) in [4.78, 5) is 0. The molecule has 3 rings (SSSR count). The molecule has 1 heterocycles. The van der Waals surface area contributed by atoms with Crippen LogP contribution < -0.4 is 10.1 Å². The molecule has 0 radical (unpaired) electrons. The molecule has 0 amide bonds. The Kier molecular flexibility index (Phi) is 4.09. The van der Waals surface area contributed by atoms with Crippen molar-refractivity contribution in [2.45, 2.75) is 26.3 Å². The van der Waals surface area contributed by atoms with Crippen LogP contribution in [-0.2, 0) is 0 Å². The number of nitrogens with one attached hydrogen (secondary N) is 1. The highest BCUT2D eigenvalue weighted by Crippen LogP contribution is 2.31. The third kappa shape index (κ3) is 3.61. The van der Waals surface area contributed by atoms with Gasteiger partial charge >= 0.3 is 6.36 Å². The fraction of sp³-hybridized carbons (Fsp3) is 0.235. The minimum atomic E-state index is -4.69. The SMILES string of the molecule is CC(C)Nc1noc2ccc(-c3ccc(OC(F)(F)F)cc3)cc12. The minimum absolute atomic E-state index is 0.195. The Labute approximate surface area is 136 Å². The van der Waals surface area contributed by atoms with Gasteiger partial charge in [-0.15, -0.1) is 13.2 Å². The van der Waals surface area contributed by atoms with Crippen LogP contribution in [0.25, 0.3) is 22.1 Å². The minimum Gasteiger partial charge on any atom is -0.406 e.